The number of carboxylic acids is 1. The van der Waals surface area contributed by atoms with Crippen LogP contribution in [0.25, 0.3) is 16.6 Å². The Bertz CT molecular complexity index is 781. The third-order valence-electron chi connectivity index (χ3n) is 3.90. The van der Waals surface area contributed by atoms with Crippen LogP contribution in [0.15, 0.2) is 35.6 Å². The molecule has 1 aliphatic heterocycles. The Morgan fingerprint density at radius 3 is 2.70 bits per heavy atom. The van der Waals surface area contributed by atoms with Gasteiger partial charge in [-0.25, -0.2) is 9.78 Å². The molecule has 0 radical (unpaired) electrons. The highest BCUT2D eigenvalue weighted by Crippen LogP contribution is 2.31. The van der Waals surface area contributed by atoms with E-state index in [-0.39, 0.29) is 11.5 Å². The molecule has 1 N–H and O–H groups in total. The number of carbonyl (C=O) groups is 1. The van der Waals surface area contributed by atoms with E-state index in [9.17, 15) is 9.90 Å². The van der Waals surface area contributed by atoms with E-state index in [1.807, 2.05) is 20.1 Å². The molecule has 0 amide bonds. The molecule has 0 aliphatic carbocycles. The van der Waals surface area contributed by atoms with Crippen molar-refractivity contribution >= 4 is 28.8 Å². The second kappa shape index (κ2) is 7.13. The lowest BCUT2D eigenvalue weighted by atomic mass is 9.86. The van der Waals surface area contributed by atoms with Gasteiger partial charge in [0, 0.05) is 18.6 Å². The number of hydrogen-bond acceptors (Lipinski definition) is 4. The van der Waals surface area contributed by atoms with Crippen molar-refractivity contribution < 1.29 is 9.90 Å². The van der Waals surface area contributed by atoms with Crippen LogP contribution in [-0.4, -0.2) is 27.3 Å². The summed E-state index contributed by atoms with van der Waals surface area (Å²) in [5.41, 5.74) is 2.78. The first-order valence-electron chi connectivity index (χ1n) is 7.80. The Kier molecular flexibility index (Phi) is 5.21. The minimum Gasteiger partial charge on any atom is -0.478 e. The number of aromatic nitrogens is 2. The first-order valence-corrected chi connectivity index (χ1v) is 7.80. The normalized spacial score (nSPS) is 19.7. The summed E-state index contributed by atoms with van der Waals surface area (Å²) in [6.45, 7) is 8.18. The molecule has 23 heavy (non-hydrogen) atoms. The van der Waals surface area contributed by atoms with Crippen LogP contribution in [0.3, 0.4) is 0 Å². The van der Waals surface area contributed by atoms with E-state index in [1.54, 1.807) is 30.6 Å². The predicted octanol–water partition coefficient (Wildman–Crippen LogP) is 4.05. The van der Waals surface area contributed by atoms with Gasteiger partial charge in [0.25, 0.3) is 0 Å². The Hall–Kier alpha value is -2.56. The summed E-state index contributed by atoms with van der Waals surface area (Å²) < 4.78 is 0. The Labute approximate surface area is 135 Å². The number of aliphatic imine (C=N–C) groups is 1. The van der Waals surface area contributed by atoms with Crippen LogP contribution in [-0.2, 0) is 0 Å². The van der Waals surface area contributed by atoms with Gasteiger partial charge in [-0.3, -0.25) is 9.98 Å². The zero-order valence-electron chi connectivity index (χ0n) is 13.8. The molecule has 0 saturated heterocycles. The fraction of sp³-hybridized carbons (Fsp3) is 0.333. The molecular formula is C18H21N3O2. The van der Waals surface area contributed by atoms with Crippen molar-refractivity contribution in [2.45, 2.75) is 27.7 Å². The van der Waals surface area contributed by atoms with Crippen molar-refractivity contribution in [1.82, 2.24) is 9.97 Å². The zero-order chi connectivity index (χ0) is 17.0. The second-order valence-electron chi connectivity index (χ2n) is 5.26. The standard InChI is InChI=1S/C16H15N3O2.C2H6/c1-9-7-17-8-12(10(9)2)14-6-11(16(20)21)15-13(19-14)4-3-5-18-15;1-2/h3-10H,1-2H3,(H,20,21);1-2H3. The summed E-state index contributed by atoms with van der Waals surface area (Å²) in [4.78, 5) is 24.4. The van der Waals surface area contributed by atoms with Crippen molar-refractivity contribution in [3.63, 3.8) is 0 Å². The van der Waals surface area contributed by atoms with Gasteiger partial charge in [0.15, 0.2) is 0 Å². The van der Waals surface area contributed by atoms with Gasteiger partial charge in [0.2, 0.25) is 0 Å². The number of allylic oxidation sites excluding steroid dienone is 1. The van der Waals surface area contributed by atoms with Gasteiger partial charge in [-0.05, 0) is 35.6 Å². The van der Waals surface area contributed by atoms with Crippen LogP contribution < -0.4 is 0 Å². The number of rotatable bonds is 2. The molecule has 2 aromatic rings. The van der Waals surface area contributed by atoms with E-state index in [4.69, 9.17) is 0 Å². The summed E-state index contributed by atoms with van der Waals surface area (Å²) in [5, 5.41) is 9.41. The van der Waals surface area contributed by atoms with E-state index in [2.05, 4.69) is 28.8 Å². The van der Waals surface area contributed by atoms with Gasteiger partial charge < -0.3 is 5.11 Å². The van der Waals surface area contributed by atoms with Gasteiger partial charge in [0.1, 0.15) is 5.52 Å². The minimum absolute atomic E-state index is 0.172. The van der Waals surface area contributed by atoms with Gasteiger partial charge in [-0.2, -0.15) is 0 Å². The third-order valence-corrected chi connectivity index (χ3v) is 3.90. The fourth-order valence-electron chi connectivity index (χ4n) is 2.46. The van der Waals surface area contributed by atoms with Crippen molar-refractivity contribution in [2.75, 3.05) is 0 Å². The molecule has 5 heteroatoms. The molecule has 2 unspecified atom stereocenters. The number of aromatic carboxylic acids is 1. The molecule has 0 spiro atoms. The molecule has 2 aromatic heterocycles. The molecule has 2 atom stereocenters. The van der Waals surface area contributed by atoms with Gasteiger partial charge in [-0.1, -0.05) is 27.7 Å². The van der Waals surface area contributed by atoms with Gasteiger partial charge >= 0.3 is 5.97 Å². The molecule has 3 rings (SSSR count). The first kappa shape index (κ1) is 16.8. The summed E-state index contributed by atoms with van der Waals surface area (Å²) in [5.74, 6) is -0.460. The van der Waals surface area contributed by atoms with Crippen molar-refractivity contribution in [3.05, 3.63) is 41.9 Å². The molecule has 0 aromatic carbocycles. The highest BCUT2D eigenvalue weighted by molar-refractivity contribution is 6.01. The van der Waals surface area contributed by atoms with Crippen molar-refractivity contribution in [3.8, 4) is 0 Å². The highest BCUT2D eigenvalue weighted by Gasteiger charge is 2.22. The van der Waals surface area contributed by atoms with Crippen molar-refractivity contribution in [2.24, 2.45) is 16.8 Å². The van der Waals surface area contributed by atoms with E-state index in [1.165, 1.54) is 0 Å². The lowest BCUT2D eigenvalue weighted by molar-refractivity contribution is 0.0698. The topological polar surface area (TPSA) is 75.4 Å². The molecule has 0 saturated carbocycles. The number of fused-ring (bicyclic) bond motifs is 1. The summed E-state index contributed by atoms with van der Waals surface area (Å²) in [6, 6.07) is 5.12. The highest BCUT2D eigenvalue weighted by atomic mass is 16.4. The van der Waals surface area contributed by atoms with E-state index in [0.29, 0.717) is 22.6 Å². The van der Waals surface area contributed by atoms with E-state index in [0.717, 1.165) is 5.57 Å². The summed E-state index contributed by atoms with van der Waals surface area (Å²) in [6.07, 6.45) is 5.24. The minimum atomic E-state index is -0.997. The maximum Gasteiger partial charge on any atom is 0.338 e. The van der Waals surface area contributed by atoms with Crippen LogP contribution >= 0.6 is 0 Å². The Morgan fingerprint density at radius 1 is 1.26 bits per heavy atom. The lowest BCUT2D eigenvalue weighted by Gasteiger charge is -2.22. The number of hydrogen-bond donors (Lipinski definition) is 1. The number of pyridine rings is 2. The Balaban J connectivity index is 0.000000924. The van der Waals surface area contributed by atoms with Gasteiger partial charge in [-0.15, -0.1) is 0 Å². The first-order chi connectivity index (χ1) is 11.1. The maximum atomic E-state index is 11.5. The van der Waals surface area contributed by atoms with Gasteiger partial charge in [0.05, 0.1) is 16.8 Å². The lowest BCUT2D eigenvalue weighted by Crippen LogP contribution is -2.15. The molecule has 0 fully saturated rings. The van der Waals surface area contributed by atoms with Crippen LogP contribution in [0, 0.1) is 11.8 Å². The third kappa shape index (κ3) is 3.28. The molecule has 3 heterocycles. The predicted molar refractivity (Wildman–Crippen MR) is 92.6 cm³/mol. The quantitative estimate of drug-likeness (QED) is 0.907. The molecular weight excluding hydrogens is 290 g/mol. The van der Waals surface area contributed by atoms with Crippen LogP contribution in [0.5, 0.6) is 0 Å². The number of nitrogens with zero attached hydrogens (tertiary/aromatic N) is 3. The molecule has 5 nitrogen and oxygen atoms in total. The Morgan fingerprint density at radius 2 is 2.00 bits per heavy atom. The van der Waals surface area contributed by atoms with Crippen LogP contribution in [0.2, 0.25) is 0 Å². The SMILES string of the molecule is CC.CC1C=NC=C(c2cc(C(=O)O)c3ncccc3n2)C1C. The van der Waals surface area contributed by atoms with Crippen LogP contribution in [0.1, 0.15) is 43.7 Å². The number of carboxylic acid groups (broad SMARTS) is 1. The monoisotopic (exact) mass is 311 g/mol. The zero-order valence-corrected chi connectivity index (χ0v) is 13.8. The second-order valence-corrected chi connectivity index (χ2v) is 5.26. The smallest absolute Gasteiger partial charge is 0.338 e. The molecule has 0 bridgehead atoms. The fourth-order valence-corrected chi connectivity index (χ4v) is 2.46. The molecule has 120 valence electrons. The summed E-state index contributed by atoms with van der Waals surface area (Å²) in [7, 11) is 0. The van der Waals surface area contributed by atoms with E-state index < -0.39 is 5.97 Å². The van der Waals surface area contributed by atoms with Crippen LogP contribution in [0.4, 0.5) is 0 Å². The molecule has 1 aliphatic rings. The largest absolute Gasteiger partial charge is 0.478 e. The maximum absolute atomic E-state index is 11.5. The van der Waals surface area contributed by atoms with Crippen molar-refractivity contribution in [1.29, 1.82) is 0 Å². The average Bonchev–Trinajstić information content (AvgIpc) is 2.58. The van der Waals surface area contributed by atoms with E-state index >= 15 is 0 Å². The average molecular weight is 311 g/mol. The summed E-state index contributed by atoms with van der Waals surface area (Å²) >= 11 is 0.